The highest BCUT2D eigenvalue weighted by Crippen LogP contribution is 2.47. The number of nitrogens with one attached hydrogen (secondary N) is 1. The van der Waals surface area contributed by atoms with Gasteiger partial charge in [0.2, 0.25) is 11.7 Å². The van der Waals surface area contributed by atoms with Gasteiger partial charge in [0.1, 0.15) is 6.33 Å². The van der Waals surface area contributed by atoms with Crippen LogP contribution >= 0.6 is 0 Å². The molecule has 1 saturated heterocycles. The third kappa shape index (κ3) is 4.20. The largest absolute Gasteiger partial charge is 0.493 e. The van der Waals surface area contributed by atoms with Crippen molar-refractivity contribution in [1.82, 2.24) is 20.3 Å². The summed E-state index contributed by atoms with van der Waals surface area (Å²) in [6, 6.07) is 12.7. The van der Waals surface area contributed by atoms with Crippen molar-refractivity contribution < 1.29 is 9.47 Å². The van der Waals surface area contributed by atoms with Gasteiger partial charge in [-0.15, -0.1) is 0 Å². The number of piperazine rings is 1. The maximum atomic E-state index is 6.76. The summed E-state index contributed by atoms with van der Waals surface area (Å²) in [5.74, 6) is 2.55. The molecule has 4 aliphatic rings. The number of aromatic nitrogens is 2. The van der Waals surface area contributed by atoms with E-state index >= 15 is 0 Å². The lowest BCUT2D eigenvalue weighted by Crippen LogP contribution is -2.53. The van der Waals surface area contributed by atoms with Gasteiger partial charge in [-0.05, 0) is 49.3 Å². The highest BCUT2D eigenvalue weighted by Gasteiger charge is 2.43. The zero-order valence-electron chi connectivity index (χ0n) is 23.1. The first kappa shape index (κ1) is 25.3. The normalized spacial score (nSPS) is 28.4. The molecule has 3 fully saturated rings. The van der Waals surface area contributed by atoms with Gasteiger partial charge in [0.25, 0.3) is 0 Å². The number of anilines is 2. The molecule has 1 aromatic heterocycles. The van der Waals surface area contributed by atoms with Gasteiger partial charge in [-0.25, -0.2) is 20.0 Å². The zero-order valence-corrected chi connectivity index (χ0v) is 23.1. The Morgan fingerprint density at radius 2 is 1.70 bits per heavy atom. The van der Waals surface area contributed by atoms with E-state index in [2.05, 4.69) is 42.3 Å². The maximum Gasteiger partial charge on any atom is 0.215 e. The molecule has 4 unspecified atom stereocenters. The van der Waals surface area contributed by atoms with E-state index in [0.29, 0.717) is 22.8 Å². The van der Waals surface area contributed by atoms with E-state index in [4.69, 9.17) is 20.9 Å². The molecule has 3 heterocycles. The van der Waals surface area contributed by atoms with Crippen LogP contribution in [-0.2, 0) is 5.79 Å². The first-order valence-electron chi connectivity index (χ1n) is 14.1. The van der Waals surface area contributed by atoms with Crippen molar-refractivity contribution in [3.05, 3.63) is 48.3 Å². The van der Waals surface area contributed by atoms with E-state index < -0.39 is 5.79 Å². The third-order valence-corrected chi connectivity index (χ3v) is 9.29. The second-order valence-corrected chi connectivity index (χ2v) is 11.4. The maximum absolute atomic E-state index is 6.76. The molecule has 0 radical (unpaired) electrons. The highest BCUT2D eigenvalue weighted by molar-refractivity contribution is 6.03. The molecule has 5 N–H and O–H groups in total. The van der Waals surface area contributed by atoms with Gasteiger partial charge >= 0.3 is 0 Å². The number of rotatable bonds is 6. The molecule has 11 nitrogen and oxygen atoms in total. The summed E-state index contributed by atoms with van der Waals surface area (Å²) in [5, 5.41) is 2.31. The van der Waals surface area contributed by atoms with Crippen molar-refractivity contribution in [2.24, 2.45) is 28.3 Å². The SMILES string of the molecule is COc1cc2ncnc(N3NC(N)(c4ccc(N5CCN(C6CC7CCC6C7)CC5)cc4)N=C3N)c2cc1OC. The van der Waals surface area contributed by atoms with Gasteiger partial charge in [-0.3, -0.25) is 10.6 Å². The van der Waals surface area contributed by atoms with Crippen LogP contribution in [0.5, 0.6) is 11.5 Å². The topological polar surface area (TPSA) is 130 Å². The molecule has 11 heteroatoms. The summed E-state index contributed by atoms with van der Waals surface area (Å²) >= 11 is 0. The Bertz CT molecular complexity index is 1440. The van der Waals surface area contributed by atoms with E-state index in [1.165, 1.54) is 37.7 Å². The average Bonchev–Trinajstić information content (AvgIpc) is 3.71. The number of hydrazine groups is 1. The van der Waals surface area contributed by atoms with Crippen LogP contribution in [0.3, 0.4) is 0 Å². The van der Waals surface area contributed by atoms with E-state index in [1.807, 2.05) is 18.2 Å². The Morgan fingerprint density at radius 1 is 0.950 bits per heavy atom. The molecule has 2 aliphatic carbocycles. The van der Waals surface area contributed by atoms with Crippen molar-refractivity contribution in [3.8, 4) is 11.5 Å². The molecule has 2 aliphatic heterocycles. The monoisotopic (exact) mass is 543 g/mol. The fourth-order valence-electron chi connectivity index (χ4n) is 7.22. The summed E-state index contributed by atoms with van der Waals surface area (Å²) < 4.78 is 10.9. The predicted molar refractivity (Wildman–Crippen MR) is 155 cm³/mol. The van der Waals surface area contributed by atoms with Gasteiger partial charge in [0.15, 0.2) is 17.3 Å². The van der Waals surface area contributed by atoms with Crippen LogP contribution < -0.4 is 36.3 Å². The Morgan fingerprint density at radius 3 is 2.38 bits per heavy atom. The number of ether oxygens (including phenoxy) is 2. The van der Waals surface area contributed by atoms with Crippen LogP contribution in [0, 0.1) is 11.8 Å². The average molecular weight is 544 g/mol. The van der Waals surface area contributed by atoms with E-state index in [9.17, 15) is 0 Å². The molecule has 4 atom stereocenters. The number of hydrogen-bond donors (Lipinski definition) is 3. The second kappa shape index (κ2) is 9.76. The number of aliphatic imine (C=N–C) groups is 1. The molecular weight excluding hydrogens is 506 g/mol. The Labute approximate surface area is 234 Å². The van der Waals surface area contributed by atoms with Crippen LogP contribution in [-0.4, -0.2) is 67.3 Å². The minimum absolute atomic E-state index is 0.207. The van der Waals surface area contributed by atoms with Crippen molar-refractivity contribution in [1.29, 1.82) is 0 Å². The highest BCUT2D eigenvalue weighted by atomic mass is 16.5. The smallest absolute Gasteiger partial charge is 0.215 e. The molecule has 210 valence electrons. The Balaban J connectivity index is 1.06. The number of hydrogen-bond acceptors (Lipinski definition) is 11. The summed E-state index contributed by atoms with van der Waals surface area (Å²) in [7, 11) is 3.18. The van der Waals surface area contributed by atoms with Gasteiger partial charge in [0, 0.05) is 54.9 Å². The zero-order chi connectivity index (χ0) is 27.4. The first-order valence-corrected chi connectivity index (χ1v) is 14.1. The lowest BCUT2D eigenvalue weighted by molar-refractivity contribution is 0.135. The van der Waals surface area contributed by atoms with Crippen LogP contribution in [0.1, 0.15) is 31.2 Å². The Hall–Kier alpha value is -3.67. The van der Waals surface area contributed by atoms with Crippen molar-refractivity contribution in [2.45, 2.75) is 37.5 Å². The number of methoxy groups -OCH3 is 2. The summed E-state index contributed by atoms with van der Waals surface area (Å²) in [4.78, 5) is 18.7. The molecule has 7 rings (SSSR count). The number of nitrogens with two attached hydrogens (primary N) is 2. The van der Waals surface area contributed by atoms with Crippen LogP contribution in [0.25, 0.3) is 10.9 Å². The van der Waals surface area contributed by atoms with Crippen LogP contribution in [0.4, 0.5) is 11.5 Å². The molecule has 3 aromatic rings. The number of fused-ring (bicyclic) bond motifs is 3. The standard InChI is InChI=1S/C29H37N9O2/c1-39-25-15-22-23(16-26(25)40-2)32-17-33-27(22)38-28(30)34-29(31,35-38)20-5-7-21(8-6-20)36-9-11-37(12-10-36)24-14-18-3-4-19(24)13-18/h5-8,15-19,24,35H,3-4,9-14,31H2,1-2H3,(H2,30,34). The van der Waals surface area contributed by atoms with Crippen molar-refractivity contribution in [3.63, 3.8) is 0 Å². The predicted octanol–water partition coefficient (Wildman–Crippen LogP) is 2.37. The second-order valence-electron chi connectivity index (χ2n) is 11.4. The third-order valence-electron chi connectivity index (χ3n) is 9.29. The number of nitrogens with zero attached hydrogens (tertiary/aromatic N) is 6. The van der Waals surface area contributed by atoms with Crippen LogP contribution in [0.2, 0.25) is 0 Å². The minimum Gasteiger partial charge on any atom is -0.493 e. The van der Waals surface area contributed by atoms with Crippen molar-refractivity contribution in [2.75, 3.05) is 50.3 Å². The number of benzene rings is 2. The van der Waals surface area contributed by atoms with Gasteiger partial charge < -0.3 is 20.1 Å². The lowest BCUT2D eigenvalue weighted by atomic mass is 9.93. The fraction of sp³-hybridized carbons (Fsp3) is 0.483. The number of guanidine groups is 1. The van der Waals surface area contributed by atoms with E-state index in [0.717, 1.165) is 55.0 Å². The fourth-order valence-corrected chi connectivity index (χ4v) is 7.22. The Kier molecular flexibility index (Phi) is 6.17. The quantitative estimate of drug-likeness (QED) is 0.426. The summed E-state index contributed by atoms with van der Waals surface area (Å²) in [6.45, 7) is 4.37. The molecule has 2 bridgehead atoms. The first-order chi connectivity index (χ1) is 19.5. The van der Waals surface area contributed by atoms with E-state index in [-0.39, 0.29) is 5.96 Å². The molecule has 0 spiro atoms. The molecule has 40 heavy (non-hydrogen) atoms. The van der Waals surface area contributed by atoms with E-state index in [1.54, 1.807) is 25.3 Å². The molecule has 2 aromatic carbocycles. The molecule has 0 amide bonds. The van der Waals surface area contributed by atoms with Gasteiger partial charge in [0.05, 0.1) is 19.7 Å². The van der Waals surface area contributed by atoms with Crippen molar-refractivity contribution >= 4 is 28.4 Å². The molecular formula is C29H37N9O2. The van der Waals surface area contributed by atoms with Gasteiger partial charge in [-0.2, -0.15) is 5.43 Å². The molecule has 2 saturated carbocycles. The summed E-state index contributed by atoms with van der Waals surface area (Å²) in [5.41, 5.74) is 19.1. The lowest BCUT2D eigenvalue weighted by Gasteiger charge is -2.42. The van der Waals surface area contributed by atoms with Gasteiger partial charge in [-0.1, -0.05) is 18.6 Å². The summed E-state index contributed by atoms with van der Waals surface area (Å²) in [6.07, 6.45) is 7.24. The minimum atomic E-state index is -1.24. The van der Waals surface area contributed by atoms with Crippen LogP contribution in [0.15, 0.2) is 47.7 Å².